The summed E-state index contributed by atoms with van der Waals surface area (Å²) in [6.45, 7) is 18.1. The normalized spacial score (nSPS) is 20.2. The van der Waals surface area contributed by atoms with Gasteiger partial charge in [-0.05, 0) is 186 Å². The summed E-state index contributed by atoms with van der Waals surface area (Å²) in [4.78, 5) is 22.2. The number of aromatic amines is 1. The molecule has 12 rings (SSSR count). The Morgan fingerprint density at radius 1 is 0.770 bits per heavy atom. The molecule has 5 aliphatic carbocycles. The van der Waals surface area contributed by atoms with E-state index < -0.39 is 32.3 Å². The predicted octanol–water partition coefficient (Wildman–Crippen LogP) is 8.55. The molecule has 5 heterocycles. The first-order valence-electron chi connectivity index (χ1n) is 27.0. The van der Waals surface area contributed by atoms with Crippen molar-refractivity contribution in [2.45, 2.75) is 178 Å². The van der Waals surface area contributed by atoms with Crippen molar-refractivity contribution in [3.05, 3.63) is 56.6 Å². The van der Waals surface area contributed by atoms with Crippen LogP contribution in [-0.4, -0.2) is 122 Å². The third kappa shape index (κ3) is 11.6. The first-order valence-corrected chi connectivity index (χ1v) is 34.5. The van der Waals surface area contributed by atoms with Gasteiger partial charge in [-0.15, -0.1) is 10.2 Å². The quantitative estimate of drug-likeness (QED) is 0.0594. The molecule has 2 aromatic heterocycles. The van der Waals surface area contributed by atoms with Gasteiger partial charge in [-0.2, -0.15) is 14.3 Å². The van der Waals surface area contributed by atoms with Crippen LogP contribution in [0.4, 0.5) is 28.1 Å². The van der Waals surface area contributed by atoms with Crippen LogP contribution in [0, 0.1) is 10.8 Å². The minimum atomic E-state index is -4.03. The Morgan fingerprint density at radius 2 is 1.35 bits per heavy atom. The molecule has 0 radical (unpaired) electrons. The Kier molecular flexibility index (Phi) is 14.9. The lowest BCUT2D eigenvalue weighted by atomic mass is 9.68. The Hall–Kier alpha value is -4.12. The van der Waals surface area contributed by atoms with Crippen molar-refractivity contribution in [2.75, 3.05) is 56.5 Å². The van der Waals surface area contributed by atoms with Gasteiger partial charge in [0.25, 0.3) is 29.4 Å². The molecule has 8 aliphatic rings. The molecular weight excluding hydrogens is 1020 g/mol. The molecule has 3 saturated heterocycles. The van der Waals surface area contributed by atoms with Crippen LogP contribution < -0.4 is 16.0 Å². The Balaban J connectivity index is 0.000000134. The Labute approximate surface area is 442 Å². The first kappa shape index (κ1) is 53.3. The standard InChI is InChI=1S/C20H29ClN4O3SSi.C20H26N6O2S.C12H21NO2/c1-30(2,3)11-10-28-13-25-19(23-20(24-25)29(21,26)27)22-18-16-8-4-6-14(16)12-15-7-5-9-17(15)18;27-29(28,26-11-20(12-26)7-8-21-10-20)19-23-18(24-25-19)22-17-15-5-1-3-13(15)9-14-4-2-6-16(14)17;1-11(2,3)15-10(14)13-8-7-12(9-13)5-4-6-12/h12H,4-11,13H2,1-3H3,(H,22,23,24);9,21H,1-8,10-12H2,(H2,22,23,24,25);4-9H2,1-3H3. The van der Waals surface area contributed by atoms with Crippen LogP contribution in [0.2, 0.25) is 25.7 Å². The lowest BCUT2D eigenvalue weighted by Crippen LogP contribution is -2.59. The number of anilines is 4. The number of aryl methyl sites for hydroxylation is 4. The summed E-state index contributed by atoms with van der Waals surface area (Å²) in [5.41, 5.74) is 13.4. The molecule has 404 valence electrons. The van der Waals surface area contributed by atoms with E-state index >= 15 is 0 Å². The highest BCUT2D eigenvalue weighted by Gasteiger charge is 2.51. The Bertz CT molecular complexity index is 2920. The number of fused-ring (bicyclic) bond motifs is 4. The topological polar surface area (TPSA) is 219 Å². The average Bonchev–Trinajstić information content (AvgIpc) is 4.15. The molecule has 3 aliphatic heterocycles. The summed E-state index contributed by atoms with van der Waals surface area (Å²) < 4.78 is 63.7. The van der Waals surface area contributed by atoms with Crippen molar-refractivity contribution in [1.82, 2.24) is 44.5 Å². The fourth-order valence-corrected chi connectivity index (χ4v) is 15.1. The highest BCUT2D eigenvalue weighted by Crippen LogP contribution is 2.48. The van der Waals surface area contributed by atoms with E-state index in [0.717, 1.165) is 114 Å². The molecule has 4 fully saturated rings. The zero-order valence-electron chi connectivity index (χ0n) is 44.2. The van der Waals surface area contributed by atoms with Crippen LogP contribution >= 0.6 is 10.7 Å². The summed E-state index contributed by atoms with van der Waals surface area (Å²) in [5, 5.41) is 20.6. The molecule has 1 amide bonds. The number of benzene rings is 2. The largest absolute Gasteiger partial charge is 0.444 e. The molecule has 2 aromatic carbocycles. The van der Waals surface area contributed by atoms with Gasteiger partial charge in [-0.3, -0.25) is 0 Å². The number of H-pyrrole nitrogens is 1. The summed E-state index contributed by atoms with van der Waals surface area (Å²) >= 11 is 0. The Morgan fingerprint density at radius 3 is 1.84 bits per heavy atom. The molecule has 0 atom stereocenters. The molecule has 4 aromatic rings. The number of carbonyl (C=O) groups is 1. The molecule has 74 heavy (non-hydrogen) atoms. The number of halogens is 1. The number of rotatable bonds is 12. The van der Waals surface area contributed by atoms with Crippen LogP contribution in [-0.2, 0) is 86.6 Å². The summed E-state index contributed by atoms with van der Waals surface area (Å²) in [6, 6.07) is 5.75. The van der Waals surface area contributed by atoms with Crippen molar-refractivity contribution < 1.29 is 31.1 Å². The van der Waals surface area contributed by atoms with Crippen molar-refractivity contribution >= 4 is 67.2 Å². The summed E-state index contributed by atoms with van der Waals surface area (Å²) in [6.07, 6.45) is 19.2. The van der Waals surface area contributed by atoms with Crippen molar-refractivity contribution in [2.24, 2.45) is 10.8 Å². The van der Waals surface area contributed by atoms with Gasteiger partial charge in [0.05, 0.1) is 0 Å². The smallest absolute Gasteiger partial charge is 0.410 e. The van der Waals surface area contributed by atoms with Crippen molar-refractivity contribution in [3.63, 3.8) is 0 Å². The minimum Gasteiger partial charge on any atom is -0.444 e. The number of likely N-dealkylation sites (tertiary alicyclic amines) is 1. The van der Waals surface area contributed by atoms with Gasteiger partial charge in [-0.1, -0.05) is 38.2 Å². The van der Waals surface area contributed by atoms with Crippen LogP contribution in [0.1, 0.15) is 123 Å². The van der Waals surface area contributed by atoms with E-state index in [9.17, 15) is 21.6 Å². The fourth-order valence-electron chi connectivity index (χ4n) is 12.3. The minimum absolute atomic E-state index is 0.0648. The number of nitrogens with one attached hydrogen (secondary N) is 4. The maximum absolute atomic E-state index is 12.9. The van der Waals surface area contributed by atoms with Gasteiger partial charge in [0.1, 0.15) is 12.3 Å². The van der Waals surface area contributed by atoms with E-state index in [4.69, 9.17) is 20.2 Å². The number of sulfonamides is 1. The van der Waals surface area contributed by atoms with Gasteiger partial charge in [0.15, 0.2) is 0 Å². The van der Waals surface area contributed by atoms with Crippen LogP contribution in [0.3, 0.4) is 0 Å². The molecule has 22 heteroatoms. The second kappa shape index (κ2) is 20.7. The van der Waals surface area contributed by atoms with Crippen molar-refractivity contribution in [1.29, 1.82) is 0 Å². The van der Waals surface area contributed by atoms with E-state index in [-0.39, 0.29) is 29.0 Å². The third-order valence-electron chi connectivity index (χ3n) is 16.4. The molecular formula is C52H76ClN11O7S2Si. The predicted molar refractivity (Wildman–Crippen MR) is 288 cm³/mol. The van der Waals surface area contributed by atoms with E-state index in [1.807, 2.05) is 25.7 Å². The SMILES string of the molecule is CC(C)(C)OC(=O)N1CCC2(CCC2)C1.C[Si](C)(C)CCOCn1nc(S(=O)(=O)Cl)nc1Nc1c2c(cc3c1CCC3)CCC2.O=S(=O)(c1nc(Nc2c3c(cc4c2CCC4)CCC3)n[nH]1)N1CC2(CCNC2)C1. The van der Waals surface area contributed by atoms with E-state index in [1.54, 1.807) is 0 Å². The number of amides is 1. The van der Waals surface area contributed by atoms with E-state index in [0.29, 0.717) is 37.0 Å². The second-order valence-corrected chi connectivity index (χ2v) is 34.3. The zero-order chi connectivity index (χ0) is 52.3. The first-order chi connectivity index (χ1) is 35.1. The van der Waals surface area contributed by atoms with Gasteiger partial charge < -0.3 is 30.3 Å². The fraction of sp³-hybridized carbons (Fsp3) is 0.673. The number of nitrogens with zero attached hydrogens (tertiary/aromatic N) is 7. The van der Waals surface area contributed by atoms with Crippen LogP contribution in [0.15, 0.2) is 22.4 Å². The number of ether oxygens (including phenoxy) is 2. The van der Waals surface area contributed by atoms with Gasteiger partial charge >= 0.3 is 6.09 Å². The second-order valence-electron chi connectivity index (χ2n) is 24.4. The number of aromatic nitrogens is 6. The highest BCUT2D eigenvalue weighted by atomic mass is 35.7. The lowest BCUT2D eigenvalue weighted by molar-refractivity contribution is 0.0245. The zero-order valence-corrected chi connectivity index (χ0v) is 47.6. The molecule has 2 spiro atoms. The van der Waals surface area contributed by atoms with Crippen molar-refractivity contribution in [3.8, 4) is 0 Å². The van der Waals surface area contributed by atoms with Gasteiger partial charge in [0, 0.05) is 74.9 Å². The van der Waals surface area contributed by atoms with E-state index in [1.165, 1.54) is 92.0 Å². The maximum atomic E-state index is 12.9. The third-order valence-corrected chi connectivity index (χ3v) is 20.7. The highest BCUT2D eigenvalue weighted by molar-refractivity contribution is 8.13. The summed E-state index contributed by atoms with van der Waals surface area (Å²) in [5.74, 6) is 0.701. The van der Waals surface area contributed by atoms with E-state index in [2.05, 4.69) is 73.0 Å². The summed E-state index contributed by atoms with van der Waals surface area (Å²) in [7, 11) is -3.35. The lowest BCUT2D eigenvalue weighted by Gasteiger charge is -2.45. The maximum Gasteiger partial charge on any atom is 0.410 e. The van der Waals surface area contributed by atoms with Gasteiger partial charge in [0.2, 0.25) is 11.9 Å². The van der Waals surface area contributed by atoms with Crippen LogP contribution in [0.5, 0.6) is 0 Å². The number of hydrogen-bond donors (Lipinski definition) is 4. The molecule has 0 bridgehead atoms. The van der Waals surface area contributed by atoms with Gasteiger partial charge in [-0.25, -0.2) is 31.4 Å². The molecule has 1 saturated carbocycles. The monoisotopic (exact) mass is 1090 g/mol. The average molecular weight is 1090 g/mol. The molecule has 4 N–H and O–H groups in total. The molecule has 18 nitrogen and oxygen atoms in total. The molecule has 0 unspecified atom stereocenters. The number of carbonyl (C=O) groups excluding carboxylic acids is 1. The number of hydrogen-bond acceptors (Lipinski definition) is 14. The van der Waals surface area contributed by atoms with Crippen LogP contribution in [0.25, 0.3) is 0 Å².